The molecule has 0 aliphatic carbocycles. The highest BCUT2D eigenvalue weighted by molar-refractivity contribution is 5.79. The van der Waals surface area contributed by atoms with E-state index in [1.807, 2.05) is 42.1 Å². The molecule has 0 unspecified atom stereocenters. The molecule has 2 N–H and O–H groups in total. The summed E-state index contributed by atoms with van der Waals surface area (Å²) in [6.07, 6.45) is 7.17. The van der Waals surface area contributed by atoms with E-state index in [0.29, 0.717) is 13.1 Å². The number of aliphatic imine (C=N–C) groups is 1. The lowest BCUT2D eigenvalue weighted by Gasteiger charge is -2.14. The normalized spacial score (nSPS) is 11.3. The molecule has 0 atom stereocenters. The van der Waals surface area contributed by atoms with Crippen LogP contribution in [-0.4, -0.2) is 34.7 Å². The molecule has 0 aliphatic rings. The Hall–Kier alpha value is -3.35. The highest BCUT2D eigenvalue weighted by atomic mass is 16.5. The molecule has 7 nitrogen and oxygen atoms in total. The van der Waals surface area contributed by atoms with Crippen molar-refractivity contribution in [3.05, 3.63) is 71.9 Å². The second kappa shape index (κ2) is 8.84. The van der Waals surface area contributed by atoms with Gasteiger partial charge < -0.3 is 15.4 Å². The van der Waals surface area contributed by atoms with E-state index in [9.17, 15) is 0 Å². The molecule has 0 bridgehead atoms. The van der Waals surface area contributed by atoms with Crippen LogP contribution in [0.2, 0.25) is 0 Å². The molecule has 3 aromatic rings. The fourth-order valence-corrected chi connectivity index (χ4v) is 2.65. The molecular formula is C20H24N6O. The van der Waals surface area contributed by atoms with E-state index in [-0.39, 0.29) is 0 Å². The van der Waals surface area contributed by atoms with Gasteiger partial charge in [-0.1, -0.05) is 18.2 Å². The fraction of sp³-hybridized carbons (Fsp3) is 0.250. The van der Waals surface area contributed by atoms with Crippen molar-refractivity contribution >= 4 is 5.96 Å². The number of hydrogen-bond acceptors (Lipinski definition) is 4. The Labute approximate surface area is 159 Å². The maximum absolute atomic E-state index is 5.45. The quantitative estimate of drug-likeness (QED) is 0.519. The lowest BCUT2D eigenvalue weighted by atomic mass is 10.1. The highest BCUT2D eigenvalue weighted by Gasteiger charge is 2.05. The molecule has 27 heavy (non-hydrogen) atoms. The number of benzene rings is 1. The summed E-state index contributed by atoms with van der Waals surface area (Å²) in [7, 11) is 3.44. The Morgan fingerprint density at radius 3 is 2.70 bits per heavy atom. The summed E-state index contributed by atoms with van der Waals surface area (Å²) >= 11 is 0. The van der Waals surface area contributed by atoms with Gasteiger partial charge in [0.1, 0.15) is 17.9 Å². The van der Waals surface area contributed by atoms with E-state index in [0.717, 1.165) is 28.7 Å². The molecule has 1 aromatic carbocycles. The first-order valence-electron chi connectivity index (χ1n) is 8.71. The SMILES string of the molecule is CN=C(NCc1ccc(-n2ccnc2)nc1)NCc1ccc(C)cc1OC. The van der Waals surface area contributed by atoms with Crippen LogP contribution in [-0.2, 0) is 13.1 Å². The zero-order valence-corrected chi connectivity index (χ0v) is 15.8. The van der Waals surface area contributed by atoms with Crippen molar-refractivity contribution in [3.8, 4) is 11.6 Å². The van der Waals surface area contributed by atoms with Gasteiger partial charge in [0.2, 0.25) is 0 Å². The molecule has 0 radical (unpaired) electrons. The standard InChI is InChI=1S/C20H24N6O/c1-15-4-6-17(18(10-15)27-3)13-25-20(21-2)24-12-16-5-7-19(23-11-16)26-9-8-22-14-26/h4-11,14H,12-13H2,1-3H3,(H2,21,24,25). The van der Waals surface area contributed by atoms with Crippen molar-refractivity contribution in [2.24, 2.45) is 4.99 Å². The van der Waals surface area contributed by atoms with Crippen LogP contribution in [0.4, 0.5) is 0 Å². The van der Waals surface area contributed by atoms with E-state index >= 15 is 0 Å². The topological polar surface area (TPSA) is 76.4 Å². The maximum atomic E-state index is 5.45. The van der Waals surface area contributed by atoms with Crippen LogP contribution >= 0.6 is 0 Å². The zero-order valence-electron chi connectivity index (χ0n) is 15.8. The molecule has 0 spiro atoms. The summed E-state index contributed by atoms with van der Waals surface area (Å²) in [6, 6.07) is 10.2. The summed E-state index contributed by atoms with van der Waals surface area (Å²) < 4.78 is 7.32. The third-order valence-corrected chi connectivity index (χ3v) is 4.15. The van der Waals surface area contributed by atoms with E-state index in [1.54, 1.807) is 26.7 Å². The first-order valence-corrected chi connectivity index (χ1v) is 8.71. The molecule has 3 rings (SSSR count). The monoisotopic (exact) mass is 364 g/mol. The summed E-state index contributed by atoms with van der Waals surface area (Å²) in [5.41, 5.74) is 3.32. The van der Waals surface area contributed by atoms with Crippen molar-refractivity contribution < 1.29 is 4.74 Å². The van der Waals surface area contributed by atoms with Gasteiger partial charge in [-0.3, -0.25) is 9.56 Å². The summed E-state index contributed by atoms with van der Waals surface area (Å²) in [5, 5.41) is 6.61. The van der Waals surface area contributed by atoms with Gasteiger partial charge in [0, 0.05) is 44.3 Å². The Morgan fingerprint density at radius 1 is 1.19 bits per heavy atom. The molecule has 0 saturated carbocycles. The van der Waals surface area contributed by atoms with Gasteiger partial charge >= 0.3 is 0 Å². The Balaban J connectivity index is 1.55. The summed E-state index contributed by atoms with van der Waals surface area (Å²) in [4.78, 5) is 12.8. The van der Waals surface area contributed by atoms with Gasteiger partial charge in [0.25, 0.3) is 0 Å². The third-order valence-electron chi connectivity index (χ3n) is 4.15. The van der Waals surface area contributed by atoms with Crippen LogP contribution in [0.3, 0.4) is 0 Å². The van der Waals surface area contributed by atoms with Gasteiger partial charge in [-0.25, -0.2) is 9.97 Å². The predicted octanol–water partition coefficient (Wildman–Crippen LogP) is 2.45. The minimum Gasteiger partial charge on any atom is -0.496 e. The van der Waals surface area contributed by atoms with Gasteiger partial charge in [0.05, 0.1) is 7.11 Å². The van der Waals surface area contributed by atoms with Crippen LogP contribution in [0.5, 0.6) is 5.75 Å². The second-order valence-corrected chi connectivity index (χ2v) is 6.09. The van der Waals surface area contributed by atoms with Crippen LogP contribution < -0.4 is 15.4 Å². The predicted molar refractivity (Wildman–Crippen MR) is 106 cm³/mol. The first-order chi connectivity index (χ1) is 13.2. The molecule has 2 heterocycles. The molecule has 140 valence electrons. The van der Waals surface area contributed by atoms with Crippen LogP contribution in [0.25, 0.3) is 5.82 Å². The van der Waals surface area contributed by atoms with E-state index in [4.69, 9.17) is 4.74 Å². The third kappa shape index (κ3) is 4.84. The Kier molecular flexibility index (Phi) is 6.04. The highest BCUT2D eigenvalue weighted by Crippen LogP contribution is 2.19. The number of methoxy groups -OCH3 is 1. The minimum absolute atomic E-state index is 0.626. The lowest BCUT2D eigenvalue weighted by molar-refractivity contribution is 0.408. The van der Waals surface area contributed by atoms with Gasteiger partial charge in [-0.15, -0.1) is 0 Å². The first kappa shape index (κ1) is 18.4. The van der Waals surface area contributed by atoms with Gasteiger partial charge in [0.15, 0.2) is 5.96 Å². The van der Waals surface area contributed by atoms with Crippen LogP contribution in [0.1, 0.15) is 16.7 Å². The number of aromatic nitrogens is 3. The number of hydrogen-bond donors (Lipinski definition) is 2. The number of guanidine groups is 1. The molecule has 0 fully saturated rings. The van der Waals surface area contributed by atoms with E-state index in [1.165, 1.54) is 5.56 Å². The van der Waals surface area contributed by atoms with Crippen molar-refractivity contribution in [1.29, 1.82) is 0 Å². The smallest absolute Gasteiger partial charge is 0.191 e. The molecule has 7 heteroatoms. The number of aryl methyl sites for hydroxylation is 1. The Bertz CT molecular complexity index is 887. The van der Waals surface area contributed by atoms with Crippen molar-refractivity contribution in [1.82, 2.24) is 25.2 Å². The lowest BCUT2D eigenvalue weighted by Crippen LogP contribution is -2.36. The molecule has 0 aliphatic heterocycles. The molecule has 2 aromatic heterocycles. The molecule has 0 amide bonds. The van der Waals surface area contributed by atoms with Crippen molar-refractivity contribution in [3.63, 3.8) is 0 Å². The zero-order chi connectivity index (χ0) is 19.1. The molecule has 0 saturated heterocycles. The van der Waals surface area contributed by atoms with Crippen LogP contribution in [0.15, 0.2) is 60.2 Å². The average molecular weight is 364 g/mol. The number of pyridine rings is 1. The van der Waals surface area contributed by atoms with Crippen LogP contribution in [0, 0.1) is 6.92 Å². The Morgan fingerprint density at radius 2 is 2.04 bits per heavy atom. The van der Waals surface area contributed by atoms with E-state index in [2.05, 4.69) is 37.7 Å². The van der Waals surface area contributed by atoms with Gasteiger partial charge in [-0.05, 0) is 30.2 Å². The largest absolute Gasteiger partial charge is 0.496 e. The number of rotatable bonds is 6. The van der Waals surface area contributed by atoms with Gasteiger partial charge in [-0.2, -0.15) is 0 Å². The van der Waals surface area contributed by atoms with Crippen molar-refractivity contribution in [2.75, 3.05) is 14.2 Å². The number of nitrogens with one attached hydrogen (secondary N) is 2. The minimum atomic E-state index is 0.626. The fourth-order valence-electron chi connectivity index (χ4n) is 2.65. The van der Waals surface area contributed by atoms with Crippen molar-refractivity contribution in [2.45, 2.75) is 20.0 Å². The number of imidazole rings is 1. The van der Waals surface area contributed by atoms with E-state index < -0.39 is 0 Å². The number of nitrogens with zero attached hydrogens (tertiary/aromatic N) is 4. The maximum Gasteiger partial charge on any atom is 0.191 e. The molecular weight excluding hydrogens is 340 g/mol. The average Bonchev–Trinajstić information content (AvgIpc) is 3.24. The summed E-state index contributed by atoms with van der Waals surface area (Å²) in [5.74, 6) is 2.43. The second-order valence-electron chi connectivity index (χ2n) is 6.09. The summed E-state index contributed by atoms with van der Waals surface area (Å²) in [6.45, 7) is 3.30. The number of ether oxygens (including phenoxy) is 1.